The number of carbonyl (C=O) groups excluding carboxylic acids is 5. The molecular weight excluding hydrogens is 632 g/mol. The molecule has 4 aromatic carbocycles. The number of carbonyl (C=O) groups is 5. The highest BCUT2D eigenvalue weighted by molar-refractivity contribution is 5.99. The van der Waals surface area contributed by atoms with Gasteiger partial charge in [-0.25, -0.2) is 4.79 Å². The molecule has 0 fully saturated rings. The summed E-state index contributed by atoms with van der Waals surface area (Å²) >= 11 is 0. The maximum Gasteiger partial charge on any atom is 0.343 e. The van der Waals surface area contributed by atoms with Gasteiger partial charge >= 0.3 is 5.97 Å². The monoisotopic (exact) mass is 676 g/mol. The summed E-state index contributed by atoms with van der Waals surface area (Å²) in [6.07, 6.45) is 6.17. The molecule has 1 atom stereocenters. The van der Waals surface area contributed by atoms with Crippen molar-refractivity contribution in [3.8, 4) is 11.5 Å². The van der Waals surface area contributed by atoms with E-state index in [1.165, 1.54) is 33.1 Å². The van der Waals surface area contributed by atoms with Crippen LogP contribution in [0.2, 0.25) is 0 Å². The number of benzene rings is 4. The van der Waals surface area contributed by atoms with Gasteiger partial charge in [0.2, 0.25) is 5.91 Å². The number of unbranched alkanes of at least 4 members (excludes halogenated alkanes) is 4. The van der Waals surface area contributed by atoms with Crippen molar-refractivity contribution < 1.29 is 33.4 Å². The topological polar surface area (TPSA) is 128 Å². The number of rotatable bonds is 18. The van der Waals surface area contributed by atoms with E-state index in [2.05, 4.69) is 17.6 Å². The molecule has 4 aromatic rings. The fraction of sp³-hybridized carbons (Fsp3) is 0.293. The molecule has 50 heavy (non-hydrogen) atoms. The van der Waals surface area contributed by atoms with Gasteiger partial charge in [0.25, 0.3) is 5.91 Å². The Balaban J connectivity index is 1.24. The smallest absolute Gasteiger partial charge is 0.343 e. The van der Waals surface area contributed by atoms with Crippen LogP contribution >= 0.6 is 0 Å². The van der Waals surface area contributed by atoms with Crippen LogP contribution in [0.1, 0.15) is 95.1 Å². The molecule has 0 saturated heterocycles. The van der Waals surface area contributed by atoms with E-state index in [0.29, 0.717) is 40.5 Å². The van der Waals surface area contributed by atoms with Crippen LogP contribution in [0.15, 0.2) is 97.1 Å². The average molecular weight is 677 g/mol. The molecule has 0 aromatic heterocycles. The maximum atomic E-state index is 13.0. The lowest BCUT2D eigenvalue weighted by Gasteiger charge is -2.17. The summed E-state index contributed by atoms with van der Waals surface area (Å²) in [4.78, 5) is 62.1. The van der Waals surface area contributed by atoms with Crippen molar-refractivity contribution in [3.05, 3.63) is 125 Å². The molecule has 0 heterocycles. The minimum absolute atomic E-state index is 0.0407. The minimum atomic E-state index is -0.776. The molecule has 0 aliphatic heterocycles. The third-order valence-corrected chi connectivity index (χ3v) is 8.13. The number of hydrogen-bond donors (Lipinski definition) is 2. The number of hydrogen-bond acceptors (Lipinski definition) is 7. The second-order valence-electron chi connectivity index (χ2n) is 12.2. The molecular formula is C41H44N2O7. The van der Waals surface area contributed by atoms with Crippen molar-refractivity contribution in [2.24, 2.45) is 0 Å². The number of Topliss-reactive ketones (excluding diaryl/α,β-unsaturated/α-hetero) is 2. The second-order valence-corrected chi connectivity index (χ2v) is 12.2. The summed E-state index contributed by atoms with van der Waals surface area (Å²) in [5.41, 5.74) is 3.37. The first-order valence-corrected chi connectivity index (χ1v) is 17.0. The van der Waals surface area contributed by atoms with Crippen molar-refractivity contribution in [1.82, 2.24) is 5.32 Å². The van der Waals surface area contributed by atoms with Gasteiger partial charge in [-0.15, -0.1) is 0 Å². The van der Waals surface area contributed by atoms with E-state index in [4.69, 9.17) is 9.47 Å². The summed E-state index contributed by atoms with van der Waals surface area (Å²) in [6.45, 7) is 5.73. The molecule has 0 spiro atoms. The Bertz CT molecular complexity index is 1750. The van der Waals surface area contributed by atoms with Crippen LogP contribution in [0.3, 0.4) is 0 Å². The zero-order valence-electron chi connectivity index (χ0n) is 28.8. The first-order valence-electron chi connectivity index (χ1n) is 17.0. The SMILES string of the molecule is CCCCCCCOc1ccc(C(=O)Oc2ccc(C[C@H](NC(=O)c3ccc(NC(=O)Cc4ccc(C(C)=O)cc4)cc3)C(C)=O)cc2)cc1. The summed E-state index contributed by atoms with van der Waals surface area (Å²) in [6, 6.07) is 26.1. The van der Waals surface area contributed by atoms with Gasteiger partial charge in [-0.2, -0.15) is 0 Å². The van der Waals surface area contributed by atoms with Crippen molar-refractivity contribution in [1.29, 1.82) is 0 Å². The Morgan fingerprint density at radius 1 is 0.640 bits per heavy atom. The van der Waals surface area contributed by atoms with Crippen LogP contribution in [0.5, 0.6) is 11.5 Å². The zero-order chi connectivity index (χ0) is 35.9. The molecule has 2 N–H and O–H groups in total. The molecule has 9 heteroatoms. The van der Waals surface area contributed by atoms with Gasteiger partial charge in [0.15, 0.2) is 11.6 Å². The van der Waals surface area contributed by atoms with Gasteiger partial charge in [-0.05, 0) is 98.5 Å². The van der Waals surface area contributed by atoms with E-state index in [1.807, 2.05) is 0 Å². The number of esters is 1. The maximum absolute atomic E-state index is 13.0. The lowest BCUT2D eigenvalue weighted by molar-refractivity contribution is -0.119. The predicted octanol–water partition coefficient (Wildman–Crippen LogP) is 7.57. The van der Waals surface area contributed by atoms with Gasteiger partial charge in [0, 0.05) is 16.8 Å². The van der Waals surface area contributed by atoms with Gasteiger partial charge in [-0.1, -0.05) is 69.0 Å². The Morgan fingerprint density at radius 2 is 1.22 bits per heavy atom. The van der Waals surface area contributed by atoms with Crippen LogP contribution < -0.4 is 20.1 Å². The van der Waals surface area contributed by atoms with E-state index in [0.717, 1.165) is 24.0 Å². The Labute approximate surface area is 293 Å². The second kappa shape index (κ2) is 18.8. The summed E-state index contributed by atoms with van der Waals surface area (Å²) < 4.78 is 11.3. The largest absolute Gasteiger partial charge is 0.494 e. The number of nitrogens with one attached hydrogen (secondary N) is 2. The van der Waals surface area contributed by atoms with Crippen LogP contribution in [0.4, 0.5) is 5.69 Å². The van der Waals surface area contributed by atoms with Crippen molar-refractivity contribution in [3.63, 3.8) is 0 Å². The molecule has 260 valence electrons. The molecule has 9 nitrogen and oxygen atoms in total. The fourth-order valence-corrected chi connectivity index (χ4v) is 5.17. The number of ether oxygens (including phenoxy) is 2. The minimum Gasteiger partial charge on any atom is -0.494 e. The first kappa shape index (κ1) is 37.3. The number of ketones is 2. The highest BCUT2D eigenvalue weighted by atomic mass is 16.5. The Hall–Kier alpha value is -5.57. The van der Waals surface area contributed by atoms with Crippen molar-refractivity contribution in [2.75, 3.05) is 11.9 Å². The summed E-state index contributed by atoms with van der Waals surface area (Å²) in [5, 5.41) is 5.59. The Morgan fingerprint density at radius 3 is 1.84 bits per heavy atom. The van der Waals surface area contributed by atoms with Crippen LogP contribution in [-0.2, 0) is 22.4 Å². The molecule has 0 aliphatic carbocycles. The summed E-state index contributed by atoms with van der Waals surface area (Å²) in [7, 11) is 0. The molecule has 0 bridgehead atoms. The highest BCUT2D eigenvalue weighted by Crippen LogP contribution is 2.19. The van der Waals surface area contributed by atoms with E-state index in [1.54, 1.807) is 97.1 Å². The van der Waals surface area contributed by atoms with E-state index < -0.39 is 17.9 Å². The lowest BCUT2D eigenvalue weighted by Crippen LogP contribution is -2.41. The predicted molar refractivity (Wildman–Crippen MR) is 193 cm³/mol. The normalized spacial score (nSPS) is 11.3. The van der Waals surface area contributed by atoms with Crippen molar-refractivity contribution >= 4 is 35.0 Å². The van der Waals surface area contributed by atoms with Crippen LogP contribution in [-0.4, -0.2) is 42.0 Å². The molecule has 0 unspecified atom stereocenters. The highest BCUT2D eigenvalue weighted by Gasteiger charge is 2.19. The fourth-order valence-electron chi connectivity index (χ4n) is 5.17. The average Bonchev–Trinajstić information content (AvgIpc) is 3.11. The number of anilines is 1. The molecule has 0 aliphatic rings. The molecule has 0 radical (unpaired) electrons. The third kappa shape index (κ3) is 11.8. The Kier molecular flexibility index (Phi) is 14.0. The summed E-state index contributed by atoms with van der Waals surface area (Å²) in [5.74, 6) is -0.350. The molecule has 4 rings (SSSR count). The quantitative estimate of drug-likeness (QED) is 0.0482. The van der Waals surface area contributed by atoms with Crippen LogP contribution in [0, 0.1) is 0 Å². The first-order chi connectivity index (χ1) is 24.1. The zero-order valence-corrected chi connectivity index (χ0v) is 28.8. The lowest BCUT2D eigenvalue weighted by atomic mass is 10.0. The van der Waals surface area contributed by atoms with Gasteiger partial charge in [0.1, 0.15) is 11.5 Å². The number of amides is 2. The van der Waals surface area contributed by atoms with E-state index in [9.17, 15) is 24.0 Å². The van der Waals surface area contributed by atoms with Gasteiger partial charge < -0.3 is 20.1 Å². The standard InChI is InChI=1S/C41H44N2O7/c1-4-5-6-7-8-25-49-36-23-17-34(18-24-36)41(48)50-37-21-11-30(12-22-37)26-38(29(3)45)43-40(47)33-15-19-35(20-16-33)42-39(46)27-31-9-13-32(14-10-31)28(2)44/h9-24,38H,4-8,25-27H2,1-3H3,(H,42,46)(H,43,47)/t38-/m0/s1. The molecule has 2 amide bonds. The third-order valence-electron chi connectivity index (χ3n) is 8.13. The van der Waals surface area contributed by atoms with Gasteiger partial charge in [0.05, 0.1) is 24.6 Å². The van der Waals surface area contributed by atoms with Gasteiger partial charge in [-0.3, -0.25) is 19.2 Å². The van der Waals surface area contributed by atoms with Crippen LogP contribution in [0.25, 0.3) is 0 Å². The van der Waals surface area contributed by atoms with Crippen molar-refractivity contribution in [2.45, 2.75) is 71.8 Å². The molecule has 0 saturated carbocycles. The van der Waals surface area contributed by atoms with E-state index in [-0.39, 0.29) is 30.3 Å². The van der Waals surface area contributed by atoms with E-state index >= 15 is 0 Å².